The third-order valence-electron chi connectivity index (χ3n) is 7.48. The summed E-state index contributed by atoms with van der Waals surface area (Å²) in [6.07, 6.45) is -0.550. The number of hydrogen-bond donors (Lipinski definition) is 1. The van der Waals surface area contributed by atoms with Crippen molar-refractivity contribution in [2.24, 2.45) is 0 Å². The van der Waals surface area contributed by atoms with E-state index in [1.54, 1.807) is 0 Å². The molecule has 224 valence electrons. The van der Waals surface area contributed by atoms with Crippen LogP contribution in [0.5, 0.6) is 0 Å². The van der Waals surface area contributed by atoms with Crippen molar-refractivity contribution >= 4 is 16.9 Å². The van der Waals surface area contributed by atoms with Gasteiger partial charge in [0.05, 0.1) is 22.1 Å². The molecule has 5 aromatic carbocycles. The van der Waals surface area contributed by atoms with Crippen molar-refractivity contribution < 1.29 is 13.7 Å². The van der Waals surface area contributed by atoms with Crippen LogP contribution in [0.15, 0.2) is 150 Å². The molecule has 0 spiro atoms. The van der Waals surface area contributed by atoms with Crippen molar-refractivity contribution in [1.29, 1.82) is 0 Å². The van der Waals surface area contributed by atoms with E-state index >= 15 is 0 Å². The van der Waals surface area contributed by atoms with Crippen LogP contribution in [0.4, 0.5) is 4.79 Å². The van der Waals surface area contributed by atoms with Gasteiger partial charge in [-0.25, -0.2) is 4.79 Å². The molecule has 0 aromatic heterocycles. The first-order valence-electron chi connectivity index (χ1n) is 14.8. The van der Waals surface area contributed by atoms with Gasteiger partial charge >= 0.3 is 6.09 Å². The highest BCUT2D eigenvalue weighted by Gasteiger charge is 2.33. The Balaban J connectivity index is 1.49. The molecule has 0 aliphatic heterocycles. The molecule has 6 heteroatoms. The van der Waals surface area contributed by atoms with Gasteiger partial charge in [0.1, 0.15) is 6.61 Å². The van der Waals surface area contributed by atoms with Gasteiger partial charge in [-0.3, -0.25) is 9.11 Å². The molecule has 1 amide bonds. The molecule has 0 bridgehead atoms. The summed E-state index contributed by atoms with van der Waals surface area (Å²) in [5.41, 5.74) is 5.19. The van der Waals surface area contributed by atoms with Crippen molar-refractivity contribution in [1.82, 2.24) is 10.2 Å². The number of carbonyl (C=O) groups is 1. The molecule has 0 fully saturated rings. The minimum atomic E-state index is -1.46. The molecule has 0 aliphatic rings. The maximum atomic E-state index is 14.6. The number of rotatable bonds is 13. The van der Waals surface area contributed by atoms with Gasteiger partial charge in [0.15, 0.2) is 0 Å². The molecular formula is C38H38N2O3S. The highest BCUT2D eigenvalue weighted by atomic mass is 32.2. The van der Waals surface area contributed by atoms with E-state index in [9.17, 15) is 9.00 Å². The van der Waals surface area contributed by atoms with Crippen LogP contribution in [0.25, 0.3) is 0 Å². The van der Waals surface area contributed by atoms with E-state index in [0.717, 1.165) is 32.7 Å². The van der Waals surface area contributed by atoms with E-state index in [0.29, 0.717) is 19.6 Å². The first-order valence-corrected chi connectivity index (χ1v) is 16.1. The van der Waals surface area contributed by atoms with Gasteiger partial charge < -0.3 is 10.1 Å². The van der Waals surface area contributed by atoms with Gasteiger partial charge in [0, 0.05) is 24.5 Å². The fourth-order valence-electron chi connectivity index (χ4n) is 5.21. The summed E-state index contributed by atoms with van der Waals surface area (Å²) in [7, 11) is -1.46. The van der Waals surface area contributed by atoms with Crippen molar-refractivity contribution in [2.75, 3.05) is 6.54 Å². The van der Waals surface area contributed by atoms with E-state index in [1.165, 1.54) is 0 Å². The van der Waals surface area contributed by atoms with Gasteiger partial charge in [0.2, 0.25) is 0 Å². The SMILES string of the molecule is Cc1ccc(S(=O)[C@H](CN(Cc2ccccc2)Cc2ccccc2)[C@@H](NC(=O)OCc2ccccc2)c2ccccc2)cc1. The topological polar surface area (TPSA) is 58.6 Å². The van der Waals surface area contributed by atoms with Crippen LogP contribution in [-0.4, -0.2) is 27.0 Å². The second-order valence-corrected chi connectivity index (χ2v) is 12.6. The summed E-state index contributed by atoms with van der Waals surface area (Å²) in [6, 6.07) is 47.2. The molecule has 3 atom stereocenters. The third-order valence-corrected chi connectivity index (χ3v) is 9.19. The number of aryl methyl sites for hydroxylation is 1. The molecule has 1 N–H and O–H groups in total. The molecule has 5 aromatic rings. The molecule has 5 nitrogen and oxygen atoms in total. The number of alkyl carbamates (subject to hydrolysis) is 1. The highest BCUT2D eigenvalue weighted by Crippen LogP contribution is 2.27. The second-order valence-electron chi connectivity index (χ2n) is 10.9. The molecule has 5 rings (SSSR count). The molecular weight excluding hydrogens is 564 g/mol. The van der Waals surface area contributed by atoms with Crippen molar-refractivity contribution in [3.05, 3.63) is 173 Å². The quantitative estimate of drug-likeness (QED) is 0.149. The predicted molar refractivity (Wildman–Crippen MR) is 177 cm³/mol. The Morgan fingerprint density at radius 1 is 0.682 bits per heavy atom. The summed E-state index contributed by atoms with van der Waals surface area (Å²) in [4.78, 5) is 16.4. The first-order chi connectivity index (χ1) is 21.5. The zero-order valence-corrected chi connectivity index (χ0v) is 25.7. The Bertz CT molecular complexity index is 1560. The maximum Gasteiger partial charge on any atom is 0.407 e. The lowest BCUT2D eigenvalue weighted by atomic mass is 10.0. The fourth-order valence-corrected chi connectivity index (χ4v) is 6.78. The summed E-state index contributed by atoms with van der Waals surface area (Å²) in [5.74, 6) is 0. The fraction of sp³-hybridized carbons (Fsp3) is 0.184. The van der Waals surface area contributed by atoms with Crippen LogP contribution in [0, 0.1) is 6.92 Å². The minimum Gasteiger partial charge on any atom is -0.445 e. The number of carbonyl (C=O) groups excluding carboxylic acids is 1. The van der Waals surface area contributed by atoms with Gasteiger partial charge in [0.25, 0.3) is 0 Å². The van der Waals surface area contributed by atoms with Crippen molar-refractivity contribution in [3.63, 3.8) is 0 Å². The van der Waals surface area contributed by atoms with Gasteiger partial charge in [-0.2, -0.15) is 0 Å². The average molecular weight is 603 g/mol. The monoisotopic (exact) mass is 602 g/mol. The summed E-state index contributed by atoms with van der Waals surface area (Å²) in [6.45, 7) is 3.95. The summed E-state index contributed by atoms with van der Waals surface area (Å²) >= 11 is 0. The number of nitrogens with one attached hydrogen (secondary N) is 1. The Kier molecular flexibility index (Phi) is 11.1. The first kappa shape index (κ1) is 30.9. The normalized spacial score (nSPS) is 13.1. The molecule has 0 saturated carbocycles. The van der Waals surface area contributed by atoms with E-state index in [2.05, 4.69) is 34.5 Å². The molecule has 0 aliphatic carbocycles. The maximum absolute atomic E-state index is 14.6. The van der Waals surface area contributed by atoms with E-state index in [1.807, 2.05) is 128 Å². The largest absolute Gasteiger partial charge is 0.445 e. The smallest absolute Gasteiger partial charge is 0.407 e. The van der Waals surface area contributed by atoms with Gasteiger partial charge in [-0.05, 0) is 41.3 Å². The Hall–Kier alpha value is -4.52. The van der Waals surface area contributed by atoms with Crippen LogP contribution < -0.4 is 5.32 Å². The minimum absolute atomic E-state index is 0.147. The molecule has 0 heterocycles. The standard InChI is InChI=1S/C38H38N2O3S/c1-30-22-24-35(25-23-30)44(42)36(28-40(26-31-14-6-2-7-15-31)27-32-16-8-3-9-17-32)37(34-20-12-5-13-21-34)39-38(41)43-29-33-18-10-4-11-19-33/h2-25,36-37H,26-29H2,1H3,(H,39,41)/t36-,37+,44?/m1/s1. The lowest BCUT2D eigenvalue weighted by molar-refractivity contribution is 0.134. The third kappa shape index (κ3) is 8.99. The Morgan fingerprint density at radius 3 is 1.68 bits per heavy atom. The lowest BCUT2D eigenvalue weighted by Crippen LogP contribution is -2.45. The van der Waals surface area contributed by atoms with Crippen LogP contribution in [0.3, 0.4) is 0 Å². The molecule has 1 unspecified atom stereocenters. The van der Waals surface area contributed by atoms with E-state index in [-0.39, 0.29) is 6.61 Å². The van der Waals surface area contributed by atoms with E-state index in [4.69, 9.17) is 4.74 Å². The van der Waals surface area contributed by atoms with Crippen molar-refractivity contribution in [3.8, 4) is 0 Å². The average Bonchev–Trinajstić information content (AvgIpc) is 3.07. The zero-order chi connectivity index (χ0) is 30.6. The van der Waals surface area contributed by atoms with Gasteiger partial charge in [-0.1, -0.05) is 139 Å². The number of ether oxygens (including phenoxy) is 1. The van der Waals surface area contributed by atoms with Crippen LogP contribution in [0.2, 0.25) is 0 Å². The number of benzene rings is 5. The van der Waals surface area contributed by atoms with Crippen LogP contribution in [0.1, 0.15) is 33.9 Å². The molecule has 0 radical (unpaired) electrons. The zero-order valence-electron chi connectivity index (χ0n) is 24.9. The summed E-state index contributed by atoms with van der Waals surface area (Å²) < 4.78 is 20.2. The molecule has 44 heavy (non-hydrogen) atoms. The second kappa shape index (κ2) is 15.8. The van der Waals surface area contributed by atoms with Crippen molar-refractivity contribution in [2.45, 2.75) is 42.8 Å². The molecule has 0 saturated heterocycles. The lowest BCUT2D eigenvalue weighted by Gasteiger charge is -2.33. The summed E-state index contributed by atoms with van der Waals surface area (Å²) in [5, 5.41) is 2.63. The van der Waals surface area contributed by atoms with Crippen LogP contribution >= 0.6 is 0 Å². The Morgan fingerprint density at radius 2 is 1.16 bits per heavy atom. The number of hydrogen-bond acceptors (Lipinski definition) is 4. The van der Waals surface area contributed by atoms with Gasteiger partial charge in [-0.15, -0.1) is 0 Å². The number of nitrogens with zero attached hydrogens (tertiary/aromatic N) is 1. The predicted octanol–water partition coefficient (Wildman–Crippen LogP) is 7.84. The number of amides is 1. The Labute approximate surface area is 263 Å². The van der Waals surface area contributed by atoms with E-state index < -0.39 is 28.2 Å². The highest BCUT2D eigenvalue weighted by molar-refractivity contribution is 7.85. The van der Waals surface area contributed by atoms with Crippen LogP contribution in [-0.2, 0) is 35.2 Å².